The normalized spacial score (nSPS) is 16.5. The number of thioether (sulfide) groups is 1. The molecule has 27 heavy (non-hydrogen) atoms. The highest BCUT2D eigenvalue weighted by Crippen LogP contribution is 2.36. The first-order valence-corrected chi connectivity index (χ1v) is 9.63. The van der Waals surface area contributed by atoms with Crippen LogP contribution in [0, 0.1) is 0 Å². The molecule has 1 atom stereocenters. The number of carbonyl (C=O) groups excluding carboxylic acids is 1. The molecular weight excluding hydrogens is 403 g/mol. The van der Waals surface area contributed by atoms with Gasteiger partial charge < -0.3 is 5.32 Å². The van der Waals surface area contributed by atoms with Crippen LogP contribution in [0.15, 0.2) is 23.4 Å². The summed E-state index contributed by atoms with van der Waals surface area (Å²) in [5, 5.41) is 13.7. The summed E-state index contributed by atoms with van der Waals surface area (Å²) >= 11 is 6.76. The lowest BCUT2D eigenvalue weighted by Gasteiger charge is -2.15. The van der Waals surface area contributed by atoms with E-state index in [0.717, 1.165) is 37.8 Å². The van der Waals surface area contributed by atoms with Crippen molar-refractivity contribution in [3.8, 4) is 0 Å². The van der Waals surface area contributed by atoms with Gasteiger partial charge in [0, 0.05) is 5.69 Å². The average Bonchev–Trinajstić information content (AvgIpc) is 3.26. The summed E-state index contributed by atoms with van der Waals surface area (Å²) in [6.07, 6.45) is -0.387. The van der Waals surface area contributed by atoms with E-state index in [1.54, 1.807) is 11.6 Å². The van der Waals surface area contributed by atoms with Crippen molar-refractivity contribution < 1.29 is 18.0 Å². The Morgan fingerprint density at radius 3 is 2.74 bits per heavy atom. The van der Waals surface area contributed by atoms with Gasteiger partial charge in [0.1, 0.15) is 0 Å². The fourth-order valence-electron chi connectivity index (χ4n) is 2.92. The molecule has 3 rings (SSSR count). The third-order valence-electron chi connectivity index (χ3n) is 4.32. The summed E-state index contributed by atoms with van der Waals surface area (Å²) in [5.41, 5.74) is -0.966. The molecule has 6 nitrogen and oxygen atoms in total. The van der Waals surface area contributed by atoms with Crippen molar-refractivity contribution >= 4 is 35.0 Å². The van der Waals surface area contributed by atoms with Crippen LogP contribution in [0.2, 0.25) is 5.02 Å². The molecule has 1 fully saturated rings. The molecule has 0 spiro atoms. The Morgan fingerprint density at radius 2 is 2.07 bits per heavy atom. The maximum atomic E-state index is 12.9. The monoisotopic (exact) mass is 419 g/mol. The standard InChI is InChI=1S/C16H17ClF3N5OS/c1-9(27-15-22-23-24-25(15)11-4-2-3-5-11)14(26)21-10-6-7-13(17)12(8-10)16(18,19)20/h6-9,11H,2-5H2,1H3,(H,21,26). The number of halogens is 4. The number of anilines is 1. The van der Waals surface area contributed by atoms with Crippen molar-refractivity contribution in [3.05, 3.63) is 28.8 Å². The first-order chi connectivity index (χ1) is 12.8. The molecular formula is C16H17ClF3N5OS. The van der Waals surface area contributed by atoms with Gasteiger partial charge in [-0.3, -0.25) is 4.79 Å². The number of nitrogens with one attached hydrogen (secondary N) is 1. The molecule has 1 amide bonds. The molecule has 1 N–H and O–H groups in total. The second-order valence-corrected chi connectivity index (χ2v) is 8.00. The van der Waals surface area contributed by atoms with Crippen LogP contribution in [0.4, 0.5) is 18.9 Å². The first-order valence-electron chi connectivity index (χ1n) is 8.38. The predicted molar refractivity (Wildman–Crippen MR) is 95.7 cm³/mol. The van der Waals surface area contributed by atoms with Gasteiger partial charge in [0.15, 0.2) is 0 Å². The molecule has 1 aromatic heterocycles. The van der Waals surface area contributed by atoms with Crippen LogP contribution in [-0.2, 0) is 11.0 Å². The molecule has 1 saturated carbocycles. The van der Waals surface area contributed by atoms with Crippen molar-refractivity contribution in [2.24, 2.45) is 0 Å². The number of amides is 1. The highest BCUT2D eigenvalue weighted by Gasteiger charge is 2.33. The van der Waals surface area contributed by atoms with Crippen molar-refractivity contribution in [2.75, 3.05) is 5.32 Å². The molecule has 0 bridgehead atoms. The number of tetrazole rings is 1. The maximum absolute atomic E-state index is 12.9. The lowest BCUT2D eigenvalue weighted by Crippen LogP contribution is -2.23. The zero-order valence-electron chi connectivity index (χ0n) is 14.3. The van der Waals surface area contributed by atoms with Gasteiger partial charge in [-0.05, 0) is 48.4 Å². The number of rotatable bonds is 5. The zero-order chi connectivity index (χ0) is 19.6. The van der Waals surface area contributed by atoms with E-state index < -0.39 is 27.9 Å². The summed E-state index contributed by atoms with van der Waals surface area (Å²) in [4.78, 5) is 12.4. The van der Waals surface area contributed by atoms with Crippen LogP contribution >= 0.6 is 23.4 Å². The van der Waals surface area contributed by atoms with Crippen molar-refractivity contribution in [3.63, 3.8) is 0 Å². The topological polar surface area (TPSA) is 72.7 Å². The fourth-order valence-corrected chi connectivity index (χ4v) is 4.00. The molecule has 0 aliphatic heterocycles. The van der Waals surface area contributed by atoms with E-state index in [1.807, 2.05) is 0 Å². The van der Waals surface area contributed by atoms with Gasteiger partial charge in [0.05, 0.1) is 21.9 Å². The summed E-state index contributed by atoms with van der Waals surface area (Å²) in [7, 11) is 0. The van der Waals surface area contributed by atoms with Gasteiger partial charge >= 0.3 is 6.18 Å². The number of hydrogen-bond acceptors (Lipinski definition) is 5. The molecule has 1 unspecified atom stereocenters. The Morgan fingerprint density at radius 1 is 1.37 bits per heavy atom. The minimum absolute atomic E-state index is 0.0274. The number of alkyl halides is 3. The second kappa shape index (κ2) is 8.05. The van der Waals surface area contributed by atoms with E-state index in [-0.39, 0.29) is 11.7 Å². The third kappa shape index (κ3) is 4.73. The molecule has 146 valence electrons. The number of aromatic nitrogens is 4. The molecule has 1 aliphatic carbocycles. The lowest BCUT2D eigenvalue weighted by molar-refractivity contribution is -0.137. The van der Waals surface area contributed by atoms with E-state index in [9.17, 15) is 18.0 Å². The van der Waals surface area contributed by atoms with Gasteiger partial charge in [-0.2, -0.15) is 13.2 Å². The van der Waals surface area contributed by atoms with E-state index in [2.05, 4.69) is 20.8 Å². The number of benzene rings is 1. The summed E-state index contributed by atoms with van der Waals surface area (Å²) in [5.74, 6) is -0.448. The van der Waals surface area contributed by atoms with Crippen molar-refractivity contribution in [1.82, 2.24) is 20.2 Å². The smallest absolute Gasteiger partial charge is 0.325 e. The number of hydrogen-bond donors (Lipinski definition) is 1. The Bertz CT molecular complexity index is 823. The Balaban J connectivity index is 1.68. The van der Waals surface area contributed by atoms with Crippen LogP contribution in [0.5, 0.6) is 0 Å². The predicted octanol–water partition coefficient (Wildman–Crippen LogP) is 4.58. The summed E-state index contributed by atoms with van der Waals surface area (Å²) < 4.78 is 40.6. The largest absolute Gasteiger partial charge is 0.417 e. The lowest BCUT2D eigenvalue weighted by atomic mass is 10.2. The quantitative estimate of drug-likeness (QED) is 0.718. The Kier molecular flexibility index (Phi) is 5.95. The van der Waals surface area contributed by atoms with E-state index in [0.29, 0.717) is 5.16 Å². The third-order valence-corrected chi connectivity index (χ3v) is 5.70. The first kappa shape index (κ1) is 19.9. The SMILES string of the molecule is CC(Sc1nnnn1C1CCCC1)C(=O)Nc1ccc(Cl)c(C(F)(F)F)c1. The Hall–Kier alpha value is -1.81. The van der Waals surface area contributed by atoms with E-state index >= 15 is 0 Å². The number of carbonyl (C=O) groups is 1. The molecule has 0 saturated heterocycles. The fraction of sp³-hybridized carbons (Fsp3) is 0.500. The zero-order valence-corrected chi connectivity index (χ0v) is 15.9. The van der Waals surface area contributed by atoms with Crippen molar-refractivity contribution in [1.29, 1.82) is 0 Å². The van der Waals surface area contributed by atoms with Gasteiger partial charge in [-0.15, -0.1) is 5.10 Å². The minimum atomic E-state index is -4.60. The van der Waals surface area contributed by atoms with E-state index in [4.69, 9.17) is 11.6 Å². The van der Waals surface area contributed by atoms with E-state index in [1.165, 1.54) is 17.8 Å². The van der Waals surface area contributed by atoms with Crippen LogP contribution in [-0.4, -0.2) is 31.4 Å². The van der Waals surface area contributed by atoms with Gasteiger partial charge in [-0.1, -0.05) is 36.2 Å². The van der Waals surface area contributed by atoms with Crippen LogP contribution < -0.4 is 5.32 Å². The highest BCUT2D eigenvalue weighted by atomic mass is 35.5. The van der Waals surface area contributed by atoms with Gasteiger partial charge in [0.2, 0.25) is 11.1 Å². The second-order valence-electron chi connectivity index (χ2n) is 6.29. The van der Waals surface area contributed by atoms with Crippen LogP contribution in [0.3, 0.4) is 0 Å². The summed E-state index contributed by atoms with van der Waals surface area (Å²) in [6.45, 7) is 1.65. The molecule has 11 heteroatoms. The summed E-state index contributed by atoms with van der Waals surface area (Å²) in [6, 6.07) is 3.48. The molecule has 1 aliphatic rings. The Labute approximate surface area is 162 Å². The van der Waals surface area contributed by atoms with Crippen LogP contribution in [0.1, 0.15) is 44.2 Å². The molecule has 1 heterocycles. The maximum Gasteiger partial charge on any atom is 0.417 e. The molecule has 2 aromatic rings. The minimum Gasteiger partial charge on any atom is -0.325 e. The van der Waals surface area contributed by atoms with Crippen LogP contribution in [0.25, 0.3) is 0 Å². The van der Waals surface area contributed by atoms with Crippen molar-refractivity contribution in [2.45, 2.75) is 55.2 Å². The highest BCUT2D eigenvalue weighted by molar-refractivity contribution is 8.00. The van der Waals surface area contributed by atoms with Gasteiger partial charge in [0.25, 0.3) is 0 Å². The molecule has 0 radical (unpaired) electrons. The number of nitrogens with zero attached hydrogens (tertiary/aromatic N) is 4. The average molecular weight is 420 g/mol. The molecule has 1 aromatic carbocycles. The van der Waals surface area contributed by atoms with Gasteiger partial charge in [-0.25, -0.2) is 4.68 Å².